The van der Waals surface area contributed by atoms with Gasteiger partial charge in [-0.05, 0) is 30.2 Å². The molecule has 0 N–H and O–H groups in total. The van der Waals surface area contributed by atoms with Crippen LogP contribution in [0.1, 0.15) is 5.56 Å². The Bertz CT molecular complexity index is 794. The Balaban J connectivity index is 1.71. The van der Waals surface area contributed by atoms with Crippen molar-refractivity contribution in [1.29, 1.82) is 0 Å². The van der Waals surface area contributed by atoms with E-state index in [4.69, 9.17) is 4.74 Å². The fourth-order valence-electron chi connectivity index (χ4n) is 2.72. The zero-order valence-corrected chi connectivity index (χ0v) is 13.9. The van der Waals surface area contributed by atoms with E-state index in [0.29, 0.717) is 13.0 Å². The Hall–Kier alpha value is -2.54. The van der Waals surface area contributed by atoms with E-state index in [1.807, 2.05) is 24.3 Å². The molecule has 124 valence electrons. The fraction of sp³-hybridized carbons (Fsp3) is 0.235. The van der Waals surface area contributed by atoms with Gasteiger partial charge in [0.15, 0.2) is 0 Å². The van der Waals surface area contributed by atoms with Gasteiger partial charge in [0, 0.05) is 29.3 Å². The number of nitrogens with zero attached hydrogens (tertiary/aromatic N) is 2. The van der Waals surface area contributed by atoms with Gasteiger partial charge in [0.05, 0.1) is 17.8 Å². The van der Waals surface area contributed by atoms with Crippen molar-refractivity contribution in [3.05, 3.63) is 58.1 Å². The number of methoxy groups -OCH3 is 1. The van der Waals surface area contributed by atoms with Crippen molar-refractivity contribution < 1.29 is 14.5 Å². The van der Waals surface area contributed by atoms with Crippen molar-refractivity contribution in [2.75, 3.05) is 24.3 Å². The lowest BCUT2D eigenvalue weighted by Gasteiger charge is -2.17. The van der Waals surface area contributed by atoms with Crippen LogP contribution in [0.3, 0.4) is 0 Å². The number of fused-ring (bicyclic) bond motifs is 1. The number of nitro groups is 1. The molecule has 6 nitrogen and oxygen atoms in total. The second-order valence-electron chi connectivity index (χ2n) is 5.31. The normalized spacial score (nSPS) is 12.8. The zero-order chi connectivity index (χ0) is 17.1. The van der Waals surface area contributed by atoms with Crippen molar-refractivity contribution in [2.24, 2.45) is 0 Å². The van der Waals surface area contributed by atoms with Crippen LogP contribution in [0.4, 0.5) is 11.4 Å². The molecule has 7 heteroatoms. The second-order valence-corrected chi connectivity index (χ2v) is 6.32. The van der Waals surface area contributed by atoms with Gasteiger partial charge in [-0.1, -0.05) is 12.1 Å². The Morgan fingerprint density at radius 3 is 2.88 bits per heavy atom. The molecule has 1 amide bonds. The zero-order valence-electron chi connectivity index (χ0n) is 13.1. The molecular formula is C17H16N2O4S. The summed E-state index contributed by atoms with van der Waals surface area (Å²) in [5.74, 6) is 1.02. The third-order valence-electron chi connectivity index (χ3n) is 3.89. The van der Waals surface area contributed by atoms with Crippen LogP contribution in [-0.4, -0.2) is 30.2 Å². The Labute approximate surface area is 143 Å². The van der Waals surface area contributed by atoms with Gasteiger partial charge >= 0.3 is 0 Å². The lowest BCUT2D eigenvalue weighted by atomic mass is 10.1. The molecule has 0 unspecified atom stereocenters. The number of carbonyl (C=O) groups is 1. The number of anilines is 1. The Kier molecular flexibility index (Phi) is 4.71. The molecule has 0 radical (unpaired) electrons. The third kappa shape index (κ3) is 3.21. The quantitative estimate of drug-likeness (QED) is 0.473. The van der Waals surface area contributed by atoms with Gasteiger partial charge in [-0.25, -0.2) is 0 Å². The smallest absolute Gasteiger partial charge is 0.269 e. The van der Waals surface area contributed by atoms with Gasteiger partial charge in [-0.2, -0.15) is 0 Å². The van der Waals surface area contributed by atoms with E-state index in [2.05, 4.69) is 0 Å². The average Bonchev–Trinajstić information content (AvgIpc) is 3.03. The highest BCUT2D eigenvalue weighted by Crippen LogP contribution is 2.33. The van der Waals surface area contributed by atoms with Gasteiger partial charge in [-0.15, -0.1) is 11.8 Å². The van der Waals surface area contributed by atoms with E-state index < -0.39 is 4.92 Å². The van der Waals surface area contributed by atoms with Gasteiger partial charge in [0.2, 0.25) is 5.91 Å². The van der Waals surface area contributed by atoms with Crippen molar-refractivity contribution in [1.82, 2.24) is 0 Å². The molecular weight excluding hydrogens is 328 g/mol. The number of non-ortho nitro benzene ring substituents is 1. The molecule has 3 rings (SSSR count). The van der Waals surface area contributed by atoms with Crippen molar-refractivity contribution in [3.8, 4) is 5.75 Å². The van der Waals surface area contributed by atoms with Gasteiger partial charge in [0.25, 0.3) is 5.69 Å². The minimum Gasteiger partial charge on any atom is -0.496 e. The summed E-state index contributed by atoms with van der Waals surface area (Å²) in [5, 5.41) is 10.8. The van der Waals surface area contributed by atoms with Gasteiger partial charge in [0.1, 0.15) is 5.75 Å². The molecule has 1 aliphatic rings. The molecule has 0 aliphatic carbocycles. The highest BCUT2D eigenvalue weighted by molar-refractivity contribution is 8.00. The van der Waals surface area contributed by atoms with Crippen LogP contribution in [0.5, 0.6) is 5.75 Å². The molecule has 2 aromatic rings. The topological polar surface area (TPSA) is 72.7 Å². The van der Waals surface area contributed by atoms with Crippen molar-refractivity contribution >= 4 is 29.0 Å². The van der Waals surface area contributed by atoms with Crippen LogP contribution < -0.4 is 9.64 Å². The van der Waals surface area contributed by atoms with Crippen LogP contribution in [0.2, 0.25) is 0 Å². The fourth-order valence-corrected chi connectivity index (χ4v) is 3.62. The number of para-hydroxylation sites is 1. The summed E-state index contributed by atoms with van der Waals surface area (Å²) in [6.07, 6.45) is 0.641. The molecule has 0 saturated carbocycles. The van der Waals surface area contributed by atoms with Crippen molar-refractivity contribution in [2.45, 2.75) is 11.3 Å². The first-order valence-corrected chi connectivity index (χ1v) is 8.42. The molecule has 0 atom stereocenters. The van der Waals surface area contributed by atoms with Crippen LogP contribution in [0.15, 0.2) is 47.4 Å². The molecule has 0 saturated heterocycles. The SMILES string of the molecule is COc1ccccc1SCC(=O)N1CCc2cc([N+](=O)[O-])ccc21. The van der Waals surface area contributed by atoms with E-state index in [0.717, 1.165) is 21.9 Å². The predicted molar refractivity (Wildman–Crippen MR) is 92.9 cm³/mol. The molecule has 2 aromatic carbocycles. The number of benzene rings is 2. The number of hydrogen-bond donors (Lipinski definition) is 0. The van der Waals surface area contributed by atoms with Crippen LogP contribution >= 0.6 is 11.8 Å². The molecule has 1 heterocycles. The number of nitro benzene ring substituents is 1. The van der Waals surface area contributed by atoms with Gasteiger partial charge < -0.3 is 9.64 Å². The third-order valence-corrected chi connectivity index (χ3v) is 4.93. The predicted octanol–water partition coefficient (Wildman–Crippen LogP) is 3.28. The summed E-state index contributed by atoms with van der Waals surface area (Å²) in [6, 6.07) is 12.2. The Morgan fingerprint density at radius 2 is 2.12 bits per heavy atom. The number of rotatable bonds is 5. The lowest BCUT2D eigenvalue weighted by molar-refractivity contribution is -0.384. The highest BCUT2D eigenvalue weighted by Gasteiger charge is 2.26. The van der Waals surface area contributed by atoms with E-state index in [-0.39, 0.29) is 17.3 Å². The molecule has 0 spiro atoms. The first kappa shape index (κ1) is 16.3. The van der Waals surface area contributed by atoms with Crippen LogP contribution in [-0.2, 0) is 11.2 Å². The number of amides is 1. The summed E-state index contributed by atoms with van der Waals surface area (Å²) in [5.41, 5.74) is 1.68. The first-order chi connectivity index (χ1) is 11.6. The number of hydrogen-bond acceptors (Lipinski definition) is 5. The van der Waals surface area contributed by atoms with Crippen molar-refractivity contribution in [3.63, 3.8) is 0 Å². The second kappa shape index (κ2) is 6.92. The van der Waals surface area contributed by atoms with E-state index in [9.17, 15) is 14.9 Å². The minimum absolute atomic E-state index is 0.0153. The number of carbonyl (C=O) groups excluding carboxylic acids is 1. The van der Waals surface area contributed by atoms with Gasteiger partial charge in [-0.3, -0.25) is 14.9 Å². The average molecular weight is 344 g/mol. The summed E-state index contributed by atoms with van der Waals surface area (Å²) in [6.45, 7) is 0.557. The maximum Gasteiger partial charge on any atom is 0.269 e. The van der Waals surface area contributed by atoms with E-state index in [1.54, 1.807) is 24.1 Å². The number of ether oxygens (including phenoxy) is 1. The molecule has 24 heavy (non-hydrogen) atoms. The molecule has 0 bridgehead atoms. The van der Waals surface area contributed by atoms with Crippen LogP contribution in [0, 0.1) is 10.1 Å². The van der Waals surface area contributed by atoms with E-state index >= 15 is 0 Å². The largest absolute Gasteiger partial charge is 0.496 e. The summed E-state index contributed by atoms with van der Waals surface area (Å²) in [7, 11) is 1.60. The number of thioether (sulfide) groups is 1. The Morgan fingerprint density at radius 1 is 1.33 bits per heavy atom. The van der Waals surface area contributed by atoms with Crippen LogP contribution in [0.25, 0.3) is 0 Å². The standard InChI is InChI=1S/C17H16N2O4S/c1-23-15-4-2-3-5-16(15)24-11-17(20)18-9-8-12-10-13(19(21)22)6-7-14(12)18/h2-7,10H,8-9,11H2,1H3. The highest BCUT2D eigenvalue weighted by atomic mass is 32.2. The maximum atomic E-state index is 12.5. The molecule has 1 aliphatic heterocycles. The first-order valence-electron chi connectivity index (χ1n) is 7.43. The monoisotopic (exact) mass is 344 g/mol. The van der Waals surface area contributed by atoms with E-state index in [1.165, 1.54) is 17.8 Å². The summed E-state index contributed by atoms with van der Waals surface area (Å²) >= 11 is 1.42. The summed E-state index contributed by atoms with van der Waals surface area (Å²) in [4.78, 5) is 25.6. The molecule has 0 aromatic heterocycles. The minimum atomic E-state index is -0.414. The summed E-state index contributed by atoms with van der Waals surface area (Å²) < 4.78 is 5.29. The maximum absolute atomic E-state index is 12.5. The molecule has 0 fully saturated rings. The lowest BCUT2D eigenvalue weighted by Crippen LogP contribution is -2.30.